The van der Waals surface area contributed by atoms with Gasteiger partial charge in [-0.05, 0) is 47.9 Å². The molecular weight excluding hydrogens is 348 g/mol. The number of hydrogen-bond donors (Lipinski definition) is 1. The lowest BCUT2D eigenvalue weighted by Crippen LogP contribution is -2.26. The molecule has 0 radical (unpaired) electrons. The Morgan fingerprint density at radius 3 is 2.58 bits per heavy atom. The second-order valence-electron chi connectivity index (χ2n) is 5.66. The Morgan fingerprint density at radius 2 is 1.92 bits per heavy atom. The number of rotatable bonds is 4. The van der Waals surface area contributed by atoms with Crippen LogP contribution in [0.5, 0.6) is 0 Å². The number of halogens is 1. The molecule has 1 amide bonds. The van der Waals surface area contributed by atoms with Crippen molar-refractivity contribution in [2.24, 2.45) is 0 Å². The molecule has 0 aliphatic carbocycles. The van der Waals surface area contributed by atoms with E-state index in [2.05, 4.69) is 4.72 Å². The first-order chi connectivity index (χ1) is 11.4. The Bertz CT molecular complexity index is 879. The minimum atomic E-state index is -3.61. The standard InChI is InChI=1S/C17H17ClN2O3S/c1-12(21)20-9-8-14-10-16(6-7-17(14)20)24(22,23)19-11-13-2-4-15(18)5-3-13/h2-7,10,19H,8-9,11H2,1H3. The van der Waals surface area contributed by atoms with Crippen molar-refractivity contribution in [3.63, 3.8) is 0 Å². The van der Waals surface area contributed by atoms with Gasteiger partial charge in [-0.2, -0.15) is 0 Å². The lowest BCUT2D eigenvalue weighted by Gasteiger charge is -2.15. The van der Waals surface area contributed by atoms with E-state index in [-0.39, 0.29) is 17.3 Å². The first-order valence-electron chi connectivity index (χ1n) is 7.52. The number of anilines is 1. The van der Waals surface area contributed by atoms with Crippen LogP contribution in [0.1, 0.15) is 18.1 Å². The number of benzene rings is 2. The summed E-state index contributed by atoms with van der Waals surface area (Å²) in [5.74, 6) is -0.0368. The molecule has 24 heavy (non-hydrogen) atoms. The molecule has 0 bridgehead atoms. The molecule has 1 heterocycles. The third-order valence-electron chi connectivity index (χ3n) is 4.02. The molecule has 126 valence electrons. The molecule has 5 nitrogen and oxygen atoms in total. The van der Waals surface area contributed by atoms with Gasteiger partial charge >= 0.3 is 0 Å². The smallest absolute Gasteiger partial charge is 0.240 e. The Balaban J connectivity index is 1.78. The van der Waals surface area contributed by atoms with Gasteiger partial charge < -0.3 is 4.90 Å². The number of fused-ring (bicyclic) bond motifs is 1. The van der Waals surface area contributed by atoms with Gasteiger partial charge in [0.15, 0.2) is 0 Å². The summed E-state index contributed by atoms with van der Waals surface area (Å²) in [6.45, 7) is 2.29. The molecule has 2 aromatic rings. The molecular formula is C17H17ClN2O3S. The van der Waals surface area contributed by atoms with Crippen molar-refractivity contribution in [2.45, 2.75) is 24.8 Å². The van der Waals surface area contributed by atoms with Crippen LogP contribution in [-0.4, -0.2) is 20.9 Å². The molecule has 3 rings (SSSR count). The highest BCUT2D eigenvalue weighted by Gasteiger charge is 2.24. The van der Waals surface area contributed by atoms with Crippen LogP contribution in [0.4, 0.5) is 5.69 Å². The first kappa shape index (κ1) is 17.0. The van der Waals surface area contributed by atoms with Gasteiger partial charge in [-0.15, -0.1) is 0 Å². The highest BCUT2D eigenvalue weighted by molar-refractivity contribution is 7.89. The van der Waals surface area contributed by atoms with E-state index in [4.69, 9.17) is 11.6 Å². The highest BCUT2D eigenvalue weighted by Crippen LogP contribution is 2.30. The van der Waals surface area contributed by atoms with Gasteiger partial charge in [0.1, 0.15) is 0 Å². The Kier molecular flexibility index (Phi) is 4.62. The third-order valence-corrected chi connectivity index (χ3v) is 5.67. The third kappa shape index (κ3) is 3.45. The van der Waals surface area contributed by atoms with Gasteiger partial charge in [0.2, 0.25) is 15.9 Å². The van der Waals surface area contributed by atoms with Crippen molar-refractivity contribution in [3.05, 3.63) is 58.6 Å². The van der Waals surface area contributed by atoms with Gasteiger partial charge in [-0.25, -0.2) is 13.1 Å². The molecule has 0 aromatic heterocycles. The zero-order valence-electron chi connectivity index (χ0n) is 13.1. The maximum Gasteiger partial charge on any atom is 0.240 e. The maximum atomic E-state index is 12.5. The van der Waals surface area contributed by atoms with E-state index in [0.717, 1.165) is 16.8 Å². The summed E-state index contributed by atoms with van der Waals surface area (Å²) < 4.78 is 27.5. The summed E-state index contributed by atoms with van der Waals surface area (Å²) in [6.07, 6.45) is 0.662. The average Bonchev–Trinajstić information content (AvgIpc) is 2.97. The summed E-state index contributed by atoms with van der Waals surface area (Å²) in [6, 6.07) is 11.9. The highest BCUT2D eigenvalue weighted by atomic mass is 35.5. The molecule has 1 aliphatic heterocycles. The zero-order valence-corrected chi connectivity index (χ0v) is 14.7. The molecule has 2 aromatic carbocycles. The number of amides is 1. The quantitative estimate of drug-likeness (QED) is 0.907. The maximum absolute atomic E-state index is 12.5. The van der Waals surface area contributed by atoms with Crippen molar-refractivity contribution in [1.82, 2.24) is 4.72 Å². The first-order valence-corrected chi connectivity index (χ1v) is 9.38. The van der Waals surface area contributed by atoms with Crippen LogP contribution < -0.4 is 9.62 Å². The predicted molar refractivity (Wildman–Crippen MR) is 93.7 cm³/mol. The van der Waals surface area contributed by atoms with E-state index < -0.39 is 10.0 Å². The van der Waals surface area contributed by atoms with Crippen molar-refractivity contribution < 1.29 is 13.2 Å². The topological polar surface area (TPSA) is 66.5 Å². The van der Waals surface area contributed by atoms with Gasteiger partial charge in [0.05, 0.1) is 4.90 Å². The van der Waals surface area contributed by atoms with Crippen LogP contribution in [0.15, 0.2) is 47.4 Å². The molecule has 7 heteroatoms. The van der Waals surface area contributed by atoms with E-state index in [1.807, 2.05) is 0 Å². The predicted octanol–water partition coefficient (Wildman–Crippen LogP) is 2.73. The average molecular weight is 365 g/mol. The number of nitrogens with zero attached hydrogens (tertiary/aromatic N) is 1. The van der Waals surface area contributed by atoms with Crippen LogP contribution in [-0.2, 0) is 27.8 Å². The van der Waals surface area contributed by atoms with Gasteiger partial charge in [-0.3, -0.25) is 4.79 Å². The summed E-state index contributed by atoms with van der Waals surface area (Å²) in [5, 5.41) is 0.607. The fourth-order valence-corrected chi connectivity index (χ4v) is 3.93. The number of carbonyl (C=O) groups is 1. The van der Waals surface area contributed by atoms with E-state index in [1.165, 1.54) is 13.0 Å². The van der Waals surface area contributed by atoms with Crippen LogP contribution >= 0.6 is 11.6 Å². The van der Waals surface area contributed by atoms with E-state index in [9.17, 15) is 13.2 Å². The molecule has 0 fully saturated rings. The fourth-order valence-electron chi connectivity index (χ4n) is 2.74. The van der Waals surface area contributed by atoms with Crippen molar-refractivity contribution in [2.75, 3.05) is 11.4 Å². The summed E-state index contributed by atoms with van der Waals surface area (Å²) in [7, 11) is -3.61. The number of carbonyl (C=O) groups excluding carboxylic acids is 1. The summed E-state index contributed by atoms with van der Waals surface area (Å²) in [4.78, 5) is 13.4. The van der Waals surface area contributed by atoms with Crippen molar-refractivity contribution in [1.29, 1.82) is 0 Å². The second kappa shape index (κ2) is 6.55. The molecule has 0 atom stereocenters. The molecule has 0 unspecified atom stereocenters. The largest absolute Gasteiger partial charge is 0.312 e. The fraction of sp³-hybridized carbons (Fsp3) is 0.235. The van der Waals surface area contributed by atoms with E-state index in [1.54, 1.807) is 41.3 Å². The van der Waals surface area contributed by atoms with Gasteiger partial charge in [0, 0.05) is 30.7 Å². The minimum Gasteiger partial charge on any atom is -0.312 e. The van der Waals surface area contributed by atoms with E-state index >= 15 is 0 Å². The van der Waals surface area contributed by atoms with Crippen molar-refractivity contribution in [3.8, 4) is 0 Å². The molecule has 0 saturated heterocycles. The van der Waals surface area contributed by atoms with Crippen LogP contribution in [0.3, 0.4) is 0 Å². The molecule has 1 aliphatic rings. The van der Waals surface area contributed by atoms with Gasteiger partial charge in [-0.1, -0.05) is 23.7 Å². The number of sulfonamides is 1. The summed E-state index contributed by atoms with van der Waals surface area (Å²) >= 11 is 5.82. The lowest BCUT2D eigenvalue weighted by molar-refractivity contribution is -0.116. The molecule has 0 saturated carbocycles. The van der Waals surface area contributed by atoms with Crippen LogP contribution in [0, 0.1) is 0 Å². The van der Waals surface area contributed by atoms with E-state index in [0.29, 0.717) is 18.0 Å². The Labute approximate surface area is 146 Å². The van der Waals surface area contributed by atoms with Crippen LogP contribution in [0.25, 0.3) is 0 Å². The minimum absolute atomic E-state index is 0.0368. The Morgan fingerprint density at radius 1 is 1.21 bits per heavy atom. The monoisotopic (exact) mass is 364 g/mol. The Hall–Kier alpha value is -1.89. The summed E-state index contributed by atoms with van der Waals surface area (Å²) in [5.41, 5.74) is 2.49. The SMILES string of the molecule is CC(=O)N1CCc2cc(S(=O)(=O)NCc3ccc(Cl)cc3)ccc21. The lowest BCUT2D eigenvalue weighted by atomic mass is 10.2. The number of hydrogen-bond acceptors (Lipinski definition) is 3. The molecule has 1 N–H and O–H groups in total. The van der Waals surface area contributed by atoms with Crippen LogP contribution in [0.2, 0.25) is 5.02 Å². The van der Waals surface area contributed by atoms with Crippen molar-refractivity contribution >= 4 is 33.2 Å². The number of nitrogens with one attached hydrogen (secondary N) is 1. The zero-order chi connectivity index (χ0) is 17.3. The second-order valence-corrected chi connectivity index (χ2v) is 7.87. The van der Waals surface area contributed by atoms with Gasteiger partial charge in [0.25, 0.3) is 0 Å². The normalized spacial score (nSPS) is 13.8. The molecule has 0 spiro atoms.